The van der Waals surface area contributed by atoms with Crippen LogP contribution in [0.1, 0.15) is 51.4 Å². The first-order chi connectivity index (χ1) is 9.70. The summed E-state index contributed by atoms with van der Waals surface area (Å²) in [7, 11) is 1.39. The van der Waals surface area contributed by atoms with E-state index in [9.17, 15) is 9.59 Å². The third-order valence-electron chi connectivity index (χ3n) is 4.43. The average molecular weight is 282 g/mol. The minimum Gasteiger partial charge on any atom is -0.453 e. The molecule has 1 atom stereocenters. The molecule has 1 N–H and O–H groups in total. The lowest BCUT2D eigenvalue weighted by Crippen LogP contribution is -2.47. The predicted octanol–water partition coefficient (Wildman–Crippen LogP) is 2.30. The van der Waals surface area contributed by atoms with E-state index in [1.165, 1.54) is 32.8 Å². The monoisotopic (exact) mass is 282 g/mol. The van der Waals surface area contributed by atoms with Crippen LogP contribution >= 0.6 is 0 Å². The maximum Gasteiger partial charge on any atom is 0.409 e. The minimum absolute atomic E-state index is 0.0777. The van der Waals surface area contributed by atoms with Crippen molar-refractivity contribution >= 4 is 12.0 Å². The van der Waals surface area contributed by atoms with Crippen molar-refractivity contribution in [2.75, 3.05) is 20.2 Å². The van der Waals surface area contributed by atoms with Gasteiger partial charge in [0.2, 0.25) is 5.91 Å². The van der Waals surface area contributed by atoms with Crippen LogP contribution in [0.2, 0.25) is 0 Å². The van der Waals surface area contributed by atoms with Crippen LogP contribution in [0, 0.1) is 5.92 Å². The maximum absolute atomic E-state index is 12.3. The zero-order valence-electron chi connectivity index (χ0n) is 12.4. The van der Waals surface area contributed by atoms with E-state index in [1.807, 2.05) is 0 Å². The minimum atomic E-state index is -0.322. The Hall–Kier alpha value is -1.26. The smallest absolute Gasteiger partial charge is 0.409 e. The molecule has 1 aliphatic carbocycles. The lowest BCUT2D eigenvalue weighted by Gasteiger charge is -2.31. The molecule has 2 amide bonds. The van der Waals surface area contributed by atoms with Gasteiger partial charge in [-0.15, -0.1) is 0 Å². The van der Waals surface area contributed by atoms with Crippen molar-refractivity contribution in [1.82, 2.24) is 10.2 Å². The molecular weight excluding hydrogens is 256 g/mol. The van der Waals surface area contributed by atoms with E-state index in [1.54, 1.807) is 4.90 Å². The molecule has 0 spiro atoms. The average Bonchev–Trinajstić information content (AvgIpc) is 2.75. The Morgan fingerprint density at radius 2 is 1.75 bits per heavy atom. The second kappa shape index (κ2) is 7.50. The molecule has 1 aliphatic heterocycles. The van der Waals surface area contributed by atoms with Crippen molar-refractivity contribution < 1.29 is 14.3 Å². The number of rotatable bonds is 2. The molecule has 2 rings (SSSR count). The van der Waals surface area contributed by atoms with E-state index in [0.29, 0.717) is 19.1 Å². The van der Waals surface area contributed by atoms with Gasteiger partial charge in [0, 0.05) is 19.1 Å². The standard InChI is InChI=1S/C15H26N2O3/c1-20-15(19)17-10-6-7-12(11-17)14(18)16-13-8-4-2-3-5-9-13/h12-13H,2-11H2,1H3,(H,16,18). The van der Waals surface area contributed by atoms with Crippen molar-refractivity contribution in [1.29, 1.82) is 0 Å². The third kappa shape index (κ3) is 4.12. The van der Waals surface area contributed by atoms with E-state index in [0.717, 1.165) is 25.7 Å². The number of ether oxygens (including phenoxy) is 1. The topological polar surface area (TPSA) is 58.6 Å². The summed E-state index contributed by atoms with van der Waals surface area (Å²) >= 11 is 0. The Bertz CT molecular complexity index is 338. The Morgan fingerprint density at radius 1 is 1.05 bits per heavy atom. The lowest BCUT2D eigenvalue weighted by molar-refractivity contribution is -0.127. The van der Waals surface area contributed by atoms with Gasteiger partial charge in [0.05, 0.1) is 13.0 Å². The van der Waals surface area contributed by atoms with Crippen LogP contribution in [-0.2, 0) is 9.53 Å². The number of amides is 2. The highest BCUT2D eigenvalue weighted by molar-refractivity contribution is 5.80. The first kappa shape index (κ1) is 15.1. The van der Waals surface area contributed by atoms with E-state index in [4.69, 9.17) is 4.74 Å². The van der Waals surface area contributed by atoms with Gasteiger partial charge < -0.3 is 15.0 Å². The third-order valence-corrected chi connectivity index (χ3v) is 4.43. The fourth-order valence-electron chi connectivity index (χ4n) is 3.23. The summed E-state index contributed by atoms with van der Waals surface area (Å²) in [6.45, 7) is 1.19. The molecule has 1 heterocycles. The first-order valence-corrected chi connectivity index (χ1v) is 7.84. The molecule has 0 radical (unpaired) electrons. The molecule has 20 heavy (non-hydrogen) atoms. The van der Waals surface area contributed by atoms with Crippen LogP contribution in [0.4, 0.5) is 4.79 Å². The number of nitrogens with zero attached hydrogens (tertiary/aromatic N) is 1. The molecule has 1 saturated carbocycles. The SMILES string of the molecule is COC(=O)N1CCCC(C(=O)NC2CCCCCC2)C1. The quantitative estimate of drug-likeness (QED) is 0.791. The fraction of sp³-hybridized carbons (Fsp3) is 0.867. The van der Waals surface area contributed by atoms with E-state index in [-0.39, 0.29) is 17.9 Å². The van der Waals surface area contributed by atoms with Crippen molar-refractivity contribution in [3.05, 3.63) is 0 Å². The molecular formula is C15H26N2O3. The van der Waals surface area contributed by atoms with Gasteiger partial charge in [0.1, 0.15) is 0 Å². The number of nitrogens with one attached hydrogen (secondary N) is 1. The molecule has 5 nitrogen and oxygen atoms in total. The summed E-state index contributed by atoms with van der Waals surface area (Å²) in [6.07, 6.45) is 8.60. The van der Waals surface area contributed by atoms with Gasteiger partial charge in [-0.3, -0.25) is 4.79 Å². The fourth-order valence-corrected chi connectivity index (χ4v) is 3.23. The van der Waals surface area contributed by atoms with Gasteiger partial charge in [-0.2, -0.15) is 0 Å². The van der Waals surface area contributed by atoms with Gasteiger partial charge in [-0.25, -0.2) is 4.79 Å². The zero-order chi connectivity index (χ0) is 14.4. The molecule has 114 valence electrons. The summed E-state index contributed by atoms with van der Waals surface area (Å²) in [4.78, 5) is 25.5. The van der Waals surface area contributed by atoms with Gasteiger partial charge in [-0.05, 0) is 25.7 Å². The number of carbonyl (C=O) groups is 2. The normalized spacial score (nSPS) is 24.9. The second-order valence-corrected chi connectivity index (χ2v) is 5.95. The number of carbonyl (C=O) groups excluding carboxylic acids is 2. The number of likely N-dealkylation sites (tertiary alicyclic amines) is 1. The predicted molar refractivity (Wildman–Crippen MR) is 76.3 cm³/mol. The van der Waals surface area contributed by atoms with Gasteiger partial charge >= 0.3 is 6.09 Å². The Balaban J connectivity index is 1.83. The largest absolute Gasteiger partial charge is 0.453 e. The molecule has 1 saturated heterocycles. The van der Waals surface area contributed by atoms with Crippen LogP contribution < -0.4 is 5.32 Å². The van der Waals surface area contributed by atoms with Gasteiger partial charge in [0.15, 0.2) is 0 Å². The van der Waals surface area contributed by atoms with Crippen LogP contribution in [0.5, 0.6) is 0 Å². The highest BCUT2D eigenvalue weighted by Gasteiger charge is 2.29. The Kier molecular flexibility index (Phi) is 5.68. The molecule has 0 bridgehead atoms. The molecule has 2 aliphatic rings. The molecule has 0 aromatic rings. The Morgan fingerprint density at radius 3 is 2.40 bits per heavy atom. The lowest BCUT2D eigenvalue weighted by atomic mass is 9.96. The van der Waals surface area contributed by atoms with E-state index < -0.39 is 0 Å². The van der Waals surface area contributed by atoms with E-state index in [2.05, 4.69) is 5.32 Å². The van der Waals surface area contributed by atoms with Gasteiger partial charge in [0.25, 0.3) is 0 Å². The van der Waals surface area contributed by atoms with Crippen molar-refractivity contribution in [3.8, 4) is 0 Å². The van der Waals surface area contributed by atoms with E-state index >= 15 is 0 Å². The van der Waals surface area contributed by atoms with Gasteiger partial charge in [-0.1, -0.05) is 25.7 Å². The summed E-state index contributed by atoms with van der Waals surface area (Å²) in [6, 6.07) is 0.332. The molecule has 5 heteroatoms. The Labute approximate surface area is 121 Å². The second-order valence-electron chi connectivity index (χ2n) is 5.95. The highest BCUT2D eigenvalue weighted by atomic mass is 16.5. The number of methoxy groups -OCH3 is 1. The molecule has 2 fully saturated rings. The van der Waals surface area contributed by atoms with Crippen LogP contribution in [-0.4, -0.2) is 43.1 Å². The van der Waals surface area contributed by atoms with Crippen LogP contribution in [0.3, 0.4) is 0 Å². The maximum atomic E-state index is 12.3. The number of hydrogen-bond acceptors (Lipinski definition) is 3. The van der Waals surface area contributed by atoms with Crippen molar-refractivity contribution in [2.45, 2.75) is 57.4 Å². The van der Waals surface area contributed by atoms with Crippen LogP contribution in [0.25, 0.3) is 0 Å². The molecule has 0 aromatic heterocycles. The number of hydrogen-bond donors (Lipinski definition) is 1. The van der Waals surface area contributed by atoms with Crippen LogP contribution in [0.15, 0.2) is 0 Å². The van der Waals surface area contributed by atoms with Crippen molar-refractivity contribution in [2.24, 2.45) is 5.92 Å². The molecule has 1 unspecified atom stereocenters. The summed E-state index contributed by atoms with van der Waals surface area (Å²) in [5.41, 5.74) is 0. The molecule has 0 aromatic carbocycles. The number of piperidine rings is 1. The summed E-state index contributed by atoms with van der Waals surface area (Å²) < 4.78 is 4.74. The highest BCUT2D eigenvalue weighted by Crippen LogP contribution is 2.20. The first-order valence-electron chi connectivity index (χ1n) is 7.84. The van der Waals surface area contributed by atoms with Crippen molar-refractivity contribution in [3.63, 3.8) is 0 Å². The zero-order valence-corrected chi connectivity index (χ0v) is 12.4. The summed E-state index contributed by atoms with van der Waals surface area (Å²) in [5.74, 6) is 0.0385. The summed E-state index contributed by atoms with van der Waals surface area (Å²) in [5, 5.41) is 3.19.